The molecule has 0 spiro atoms. The summed E-state index contributed by atoms with van der Waals surface area (Å²) >= 11 is 1.52. The Kier molecular flexibility index (Phi) is 6.64. The number of aliphatic hydroxyl groups excluding tert-OH is 1. The lowest BCUT2D eigenvalue weighted by molar-refractivity contribution is 0.220. The molecule has 27 heavy (non-hydrogen) atoms. The van der Waals surface area contributed by atoms with Crippen molar-refractivity contribution < 1.29 is 5.11 Å². The summed E-state index contributed by atoms with van der Waals surface area (Å²) in [5, 5.41) is 11.1. The van der Waals surface area contributed by atoms with Gasteiger partial charge in [-0.25, -0.2) is 0 Å². The third-order valence-corrected chi connectivity index (χ3v) is 5.65. The van der Waals surface area contributed by atoms with Crippen molar-refractivity contribution in [1.29, 1.82) is 0 Å². The van der Waals surface area contributed by atoms with Crippen molar-refractivity contribution in [2.45, 2.75) is 19.4 Å². The average Bonchev–Trinajstić information content (AvgIpc) is 2.73. The summed E-state index contributed by atoms with van der Waals surface area (Å²) in [7, 11) is 0. The minimum Gasteiger partial charge on any atom is -0.388 e. The molecule has 136 valence electrons. The quantitative estimate of drug-likeness (QED) is 0.566. The number of aromatic nitrogens is 1. The second-order valence-corrected chi connectivity index (χ2v) is 7.46. The highest BCUT2D eigenvalue weighted by atomic mass is 32.2. The van der Waals surface area contributed by atoms with Crippen LogP contribution in [0.15, 0.2) is 96.7 Å². The van der Waals surface area contributed by atoms with Gasteiger partial charge in [-0.05, 0) is 29.7 Å². The van der Waals surface area contributed by atoms with Crippen LogP contribution in [-0.4, -0.2) is 16.2 Å². The van der Waals surface area contributed by atoms with Crippen LogP contribution in [0.1, 0.15) is 23.6 Å². The summed E-state index contributed by atoms with van der Waals surface area (Å²) in [6.45, 7) is 6.27. The number of pyridine rings is 1. The van der Waals surface area contributed by atoms with Gasteiger partial charge in [-0.3, -0.25) is 4.98 Å². The van der Waals surface area contributed by atoms with Crippen LogP contribution in [0.25, 0.3) is 10.5 Å². The van der Waals surface area contributed by atoms with E-state index in [9.17, 15) is 5.11 Å². The van der Waals surface area contributed by atoms with E-state index in [1.54, 1.807) is 12.4 Å². The molecule has 2 aromatic carbocycles. The molecule has 3 rings (SSSR count). The summed E-state index contributed by atoms with van der Waals surface area (Å²) in [4.78, 5) is 5.97. The molecule has 1 N–H and O–H groups in total. The Morgan fingerprint density at radius 2 is 1.59 bits per heavy atom. The van der Waals surface area contributed by atoms with Crippen LogP contribution in [0.3, 0.4) is 0 Å². The lowest BCUT2D eigenvalue weighted by Gasteiger charge is -2.19. The van der Waals surface area contributed by atoms with E-state index in [-0.39, 0.29) is 0 Å². The smallest absolute Gasteiger partial charge is 0.0894 e. The van der Waals surface area contributed by atoms with Gasteiger partial charge in [0.15, 0.2) is 0 Å². The van der Waals surface area contributed by atoms with Gasteiger partial charge in [-0.2, -0.15) is 0 Å². The van der Waals surface area contributed by atoms with Gasteiger partial charge in [0, 0.05) is 34.2 Å². The van der Waals surface area contributed by atoms with E-state index in [2.05, 4.69) is 30.6 Å². The van der Waals surface area contributed by atoms with E-state index in [1.165, 1.54) is 11.8 Å². The first-order chi connectivity index (χ1) is 13.1. The highest BCUT2D eigenvalue weighted by Crippen LogP contribution is 2.38. The molecular weight excluding hydrogens is 350 g/mol. The van der Waals surface area contributed by atoms with Gasteiger partial charge in [0.25, 0.3) is 0 Å². The lowest BCUT2D eigenvalue weighted by Crippen LogP contribution is -2.13. The summed E-state index contributed by atoms with van der Waals surface area (Å²) in [6.07, 6.45) is 3.51. The maximum atomic E-state index is 11.1. The molecule has 3 aromatic rings. The van der Waals surface area contributed by atoms with Crippen molar-refractivity contribution in [3.8, 4) is 0 Å². The highest BCUT2D eigenvalue weighted by Gasteiger charge is 2.18. The van der Waals surface area contributed by atoms with Gasteiger partial charge in [0.05, 0.1) is 6.10 Å². The van der Waals surface area contributed by atoms with E-state index in [0.717, 1.165) is 32.1 Å². The third-order valence-electron chi connectivity index (χ3n) is 4.37. The van der Waals surface area contributed by atoms with Gasteiger partial charge in [0.1, 0.15) is 0 Å². The molecule has 3 heteroatoms. The minimum atomic E-state index is -0.606. The standard InChI is InChI=1S/C24H23NOS/c1-18(21-12-7-4-8-13-21)24(23(26)16-20-10-5-3-6-11-20)27-19(2)22-14-9-15-25-17-22/h3-15,17,23,26H,2,16H2,1H3/b24-18+. The van der Waals surface area contributed by atoms with Crippen LogP contribution < -0.4 is 0 Å². The fraction of sp³-hybridized carbons (Fsp3) is 0.125. The van der Waals surface area contributed by atoms with Gasteiger partial charge in [-0.1, -0.05) is 85.1 Å². The summed E-state index contributed by atoms with van der Waals surface area (Å²) in [6, 6.07) is 24.1. The maximum absolute atomic E-state index is 11.1. The van der Waals surface area contributed by atoms with Crippen molar-refractivity contribution in [1.82, 2.24) is 4.98 Å². The molecule has 1 aromatic heterocycles. The van der Waals surface area contributed by atoms with Crippen LogP contribution in [-0.2, 0) is 6.42 Å². The van der Waals surface area contributed by atoms with Crippen LogP contribution >= 0.6 is 11.8 Å². The van der Waals surface area contributed by atoms with Crippen molar-refractivity contribution in [2.24, 2.45) is 0 Å². The Bertz CT molecular complexity index is 905. The molecule has 1 atom stereocenters. The number of allylic oxidation sites excluding steroid dienone is 1. The molecule has 0 amide bonds. The van der Waals surface area contributed by atoms with Crippen molar-refractivity contribution in [2.75, 3.05) is 0 Å². The monoisotopic (exact) mass is 373 g/mol. The van der Waals surface area contributed by atoms with Crippen molar-refractivity contribution in [3.63, 3.8) is 0 Å². The molecule has 1 heterocycles. The number of benzene rings is 2. The largest absolute Gasteiger partial charge is 0.388 e. The van der Waals surface area contributed by atoms with Gasteiger partial charge >= 0.3 is 0 Å². The summed E-state index contributed by atoms with van der Waals surface area (Å²) < 4.78 is 0. The normalized spacial score (nSPS) is 13.0. The maximum Gasteiger partial charge on any atom is 0.0894 e. The van der Waals surface area contributed by atoms with E-state index < -0.39 is 6.10 Å². The van der Waals surface area contributed by atoms with E-state index in [0.29, 0.717) is 6.42 Å². The topological polar surface area (TPSA) is 33.1 Å². The van der Waals surface area contributed by atoms with E-state index >= 15 is 0 Å². The summed E-state index contributed by atoms with van der Waals surface area (Å²) in [5.41, 5.74) is 4.24. The molecule has 0 fully saturated rings. The van der Waals surface area contributed by atoms with E-state index in [1.807, 2.05) is 60.7 Å². The lowest BCUT2D eigenvalue weighted by atomic mass is 10.0. The molecule has 0 radical (unpaired) electrons. The fourth-order valence-electron chi connectivity index (χ4n) is 2.87. The summed E-state index contributed by atoms with van der Waals surface area (Å²) in [5.74, 6) is 0. The zero-order valence-corrected chi connectivity index (χ0v) is 16.2. The van der Waals surface area contributed by atoms with Crippen molar-refractivity contribution in [3.05, 3.63) is 113 Å². The predicted octanol–water partition coefficient (Wildman–Crippen LogP) is 5.82. The predicted molar refractivity (Wildman–Crippen MR) is 116 cm³/mol. The zero-order chi connectivity index (χ0) is 19.1. The second kappa shape index (κ2) is 9.36. The number of rotatable bonds is 7. The van der Waals surface area contributed by atoms with Crippen LogP contribution in [0.2, 0.25) is 0 Å². The number of nitrogens with zero attached hydrogens (tertiary/aromatic N) is 1. The molecular formula is C24H23NOS. The first-order valence-electron chi connectivity index (χ1n) is 8.90. The Hall–Kier alpha value is -2.62. The Labute approximate surface area is 165 Å². The average molecular weight is 374 g/mol. The van der Waals surface area contributed by atoms with Gasteiger partial charge < -0.3 is 5.11 Å². The number of thioether (sulfide) groups is 1. The molecule has 2 nitrogen and oxygen atoms in total. The van der Waals surface area contributed by atoms with Gasteiger partial charge in [-0.15, -0.1) is 0 Å². The van der Waals surface area contributed by atoms with Gasteiger partial charge in [0.2, 0.25) is 0 Å². The molecule has 0 aliphatic heterocycles. The molecule has 0 saturated carbocycles. The Morgan fingerprint density at radius 3 is 2.22 bits per heavy atom. The molecule has 1 unspecified atom stereocenters. The first kappa shape index (κ1) is 19.2. The third kappa shape index (κ3) is 5.19. The fourth-order valence-corrected chi connectivity index (χ4v) is 3.87. The zero-order valence-electron chi connectivity index (χ0n) is 15.4. The minimum absolute atomic E-state index is 0.563. The highest BCUT2D eigenvalue weighted by molar-refractivity contribution is 8.12. The molecule has 0 aliphatic rings. The number of hydrogen-bond donors (Lipinski definition) is 1. The van der Waals surface area contributed by atoms with Crippen LogP contribution in [0.5, 0.6) is 0 Å². The number of aliphatic hydroxyl groups is 1. The first-order valence-corrected chi connectivity index (χ1v) is 9.72. The SMILES string of the molecule is C=C(S/C(=C(\C)c1ccccc1)C(O)Cc1ccccc1)c1cccnc1. The Morgan fingerprint density at radius 1 is 0.963 bits per heavy atom. The van der Waals surface area contributed by atoms with Crippen LogP contribution in [0, 0.1) is 0 Å². The molecule has 0 aliphatic carbocycles. The van der Waals surface area contributed by atoms with E-state index in [4.69, 9.17) is 0 Å². The molecule has 0 bridgehead atoms. The second-order valence-electron chi connectivity index (χ2n) is 6.33. The van der Waals surface area contributed by atoms with Crippen molar-refractivity contribution >= 4 is 22.2 Å². The molecule has 0 saturated heterocycles. The number of hydrogen-bond acceptors (Lipinski definition) is 3. The Balaban J connectivity index is 1.92. The van der Waals surface area contributed by atoms with Crippen LogP contribution in [0.4, 0.5) is 0 Å².